The smallest absolute Gasteiger partial charge is 0.270 e. The number of nitro groups is 1. The molecule has 2 aromatic carbocycles. The van der Waals surface area contributed by atoms with Crippen molar-refractivity contribution >= 4 is 11.6 Å². The van der Waals surface area contributed by atoms with Crippen molar-refractivity contribution in [1.29, 1.82) is 0 Å². The second-order valence-electron chi connectivity index (χ2n) is 6.33. The molecule has 1 aliphatic heterocycles. The standard InChI is InChI=1S/C19H20FN3O4/c1-27-18-7-6-17(23(25)26)12-15(18)13-21-8-10-22(11-9-21)19(24)14-2-4-16(20)5-3-14/h2-7,12H,8-11,13H2,1H3. The molecule has 1 aliphatic rings. The number of benzene rings is 2. The van der Waals surface area contributed by atoms with Crippen LogP contribution in [0.3, 0.4) is 0 Å². The van der Waals surface area contributed by atoms with Crippen LogP contribution in [0.1, 0.15) is 15.9 Å². The molecule has 0 aliphatic carbocycles. The lowest BCUT2D eigenvalue weighted by Crippen LogP contribution is -2.48. The Labute approximate surface area is 156 Å². The first kappa shape index (κ1) is 18.8. The number of rotatable bonds is 5. The Morgan fingerprint density at radius 2 is 1.81 bits per heavy atom. The maximum absolute atomic E-state index is 13.0. The van der Waals surface area contributed by atoms with Crippen LogP contribution in [-0.4, -0.2) is 53.9 Å². The molecule has 0 spiro atoms. The van der Waals surface area contributed by atoms with Crippen LogP contribution >= 0.6 is 0 Å². The number of piperazine rings is 1. The maximum Gasteiger partial charge on any atom is 0.270 e. The van der Waals surface area contributed by atoms with Crippen LogP contribution in [-0.2, 0) is 6.54 Å². The summed E-state index contributed by atoms with van der Waals surface area (Å²) in [5.41, 5.74) is 1.23. The van der Waals surface area contributed by atoms with Crippen LogP contribution < -0.4 is 4.74 Å². The summed E-state index contributed by atoms with van der Waals surface area (Å²) in [4.78, 5) is 26.9. The third kappa shape index (κ3) is 4.40. The predicted molar refractivity (Wildman–Crippen MR) is 97.2 cm³/mol. The van der Waals surface area contributed by atoms with Gasteiger partial charge in [-0.2, -0.15) is 0 Å². The van der Waals surface area contributed by atoms with Gasteiger partial charge in [-0.15, -0.1) is 0 Å². The molecule has 0 unspecified atom stereocenters. The van der Waals surface area contributed by atoms with Gasteiger partial charge >= 0.3 is 0 Å². The number of carbonyl (C=O) groups excluding carboxylic acids is 1. The highest BCUT2D eigenvalue weighted by molar-refractivity contribution is 5.94. The topological polar surface area (TPSA) is 75.9 Å². The summed E-state index contributed by atoms with van der Waals surface area (Å²) in [6.45, 7) is 2.85. The fourth-order valence-electron chi connectivity index (χ4n) is 3.13. The third-order valence-electron chi connectivity index (χ3n) is 4.62. The lowest BCUT2D eigenvalue weighted by atomic mass is 10.1. The van der Waals surface area contributed by atoms with E-state index in [1.807, 2.05) is 0 Å². The first-order chi connectivity index (χ1) is 13.0. The van der Waals surface area contributed by atoms with Gasteiger partial charge in [0, 0.05) is 56.0 Å². The Hall–Kier alpha value is -3.00. The van der Waals surface area contributed by atoms with Crippen molar-refractivity contribution < 1.29 is 18.8 Å². The number of ether oxygens (including phenoxy) is 1. The minimum Gasteiger partial charge on any atom is -0.496 e. The van der Waals surface area contributed by atoms with E-state index in [4.69, 9.17) is 4.74 Å². The highest BCUT2D eigenvalue weighted by Crippen LogP contribution is 2.25. The number of hydrogen-bond donors (Lipinski definition) is 0. The van der Waals surface area contributed by atoms with E-state index >= 15 is 0 Å². The highest BCUT2D eigenvalue weighted by Gasteiger charge is 2.23. The maximum atomic E-state index is 13.0. The van der Waals surface area contributed by atoms with Crippen LogP contribution in [0.25, 0.3) is 0 Å². The van der Waals surface area contributed by atoms with E-state index in [0.717, 1.165) is 5.56 Å². The molecule has 1 amide bonds. The molecule has 0 atom stereocenters. The van der Waals surface area contributed by atoms with Crippen LogP contribution in [0.4, 0.5) is 10.1 Å². The van der Waals surface area contributed by atoms with Gasteiger partial charge in [0.25, 0.3) is 11.6 Å². The largest absolute Gasteiger partial charge is 0.496 e. The summed E-state index contributed by atoms with van der Waals surface area (Å²) >= 11 is 0. The van der Waals surface area contributed by atoms with Crippen LogP contribution in [0.5, 0.6) is 5.75 Å². The summed E-state index contributed by atoms with van der Waals surface area (Å²) < 4.78 is 18.3. The van der Waals surface area contributed by atoms with Crippen molar-refractivity contribution in [3.05, 3.63) is 69.5 Å². The minimum atomic E-state index is -0.428. The second kappa shape index (κ2) is 8.13. The van der Waals surface area contributed by atoms with Gasteiger partial charge in [-0.1, -0.05) is 0 Å². The molecule has 27 heavy (non-hydrogen) atoms. The molecule has 142 valence electrons. The zero-order valence-corrected chi connectivity index (χ0v) is 14.9. The predicted octanol–water partition coefficient (Wildman–Crippen LogP) is 2.70. The van der Waals surface area contributed by atoms with Gasteiger partial charge < -0.3 is 9.64 Å². The number of carbonyl (C=O) groups is 1. The van der Waals surface area contributed by atoms with E-state index in [0.29, 0.717) is 44.0 Å². The molecule has 8 heteroatoms. The fourth-order valence-corrected chi connectivity index (χ4v) is 3.13. The first-order valence-corrected chi connectivity index (χ1v) is 8.56. The quantitative estimate of drug-likeness (QED) is 0.595. The average molecular weight is 373 g/mol. The van der Waals surface area contributed by atoms with Gasteiger partial charge in [-0.25, -0.2) is 4.39 Å². The van der Waals surface area contributed by atoms with Gasteiger partial charge in [0.05, 0.1) is 12.0 Å². The highest BCUT2D eigenvalue weighted by atomic mass is 19.1. The van der Waals surface area contributed by atoms with Crippen molar-refractivity contribution in [3.63, 3.8) is 0 Å². The Kier molecular flexibility index (Phi) is 5.66. The number of nitrogens with zero attached hydrogens (tertiary/aromatic N) is 3. The van der Waals surface area contributed by atoms with Crippen molar-refractivity contribution in [3.8, 4) is 5.75 Å². The van der Waals surface area contributed by atoms with E-state index in [1.54, 1.807) is 11.0 Å². The number of hydrogen-bond acceptors (Lipinski definition) is 5. The zero-order chi connectivity index (χ0) is 19.4. The van der Waals surface area contributed by atoms with Crippen molar-refractivity contribution in [2.45, 2.75) is 6.54 Å². The van der Waals surface area contributed by atoms with Gasteiger partial charge in [0.15, 0.2) is 0 Å². The first-order valence-electron chi connectivity index (χ1n) is 8.56. The monoisotopic (exact) mass is 373 g/mol. The lowest BCUT2D eigenvalue weighted by Gasteiger charge is -2.35. The van der Waals surface area contributed by atoms with Crippen molar-refractivity contribution in [2.24, 2.45) is 0 Å². The van der Waals surface area contributed by atoms with Gasteiger partial charge in [0.2, 0.25) is 0 Å². The molecule has 3 rings (SSSR count). The molecule has 0 bridgehead atoms. The van der Waals surface area contributed by atoms with E-state index in [9.17, 15) is 19.3 Å². The summed E-state index contributed by atoms with van der Waals surface area (Å²) in [6, 6.07) is 10.1. The normalized spacial score (nSPS) is 14.8. The van der Waals surface area contributed by atoms with Crippen molar-refractivity contribution in [2.75, 3.05) is 33.3 Å². The average Bonchev–Trinajstić information content (AvgIpc) is 2.68. The van der Waals surface area contributed by atoms with E-state index in [2.05, 4.69) is 4.90 Å². The fraction of sp³-hybridized carbons (Fsp3) is 0.316. The SMILES string of the molecule is COc1ccc([N+](=O)[O-])cc1CN1CCN(C(=O)c2ccc(F)cc2)CC1. The molecular formula is C19H20FN3O4. The zero-order valence-electron chi connectivity index (χ0n) is 14.9. The number of halogens is 1. The third-order valence-corrected chi connectivity index (χ3v) is 4.62. The van der Waals surface area contributed by atoms with Gasteiger partial charge in [-0.3, -0.25) is 19.8 Å². The van der Waals surface area contributed by atoms with Gasteiger partial charge in [0.1, 0.15) is 11.6 Å². The van der Waals surface area contributed by atoms with Crippen LogP contribution in [0, 0.1) is 15.9 Å². The molecule has 2 aromatic rings. The number of amides is 1. The number of nitro benzene ring substituents is 1. The summed E-state index contributed by atoms with van der Waals surface area (Å²) in [6.07, 6.45) is 0. The molecular weight excluding hydrogens is 353 g/mol. The summed E-state index contributed by atoms with van der Waals surface area (Å²) in [5.74, 6) is 0.107. The number of methoxy groups -OCH3 is 1. The molecule has 0 aromatic heterocycles. The summed E-state index contributed by atoms with van der Waals surface area (Å²) in [7, 11) is 1.53. The molecule has 1 fully saturated rings. The molecule has 1 saturated heterocycles. The molecule has 1 heterocycles. The van der Waals surface area contributed by atoms with Crippen LogP contribution in [0.15, 0.2) is 42.5 Å². The Morgan fingerprint density at radius 1 is 1.15 bits per heavy atom. The molecule has 0 radical (unpaired) electrons. The minimum absolute atomic E-state index is 0.0240. The Morgan fingerprint density at radius 3 is 2.41 bits per heavy atom. The van der Waals surface area contributed by atoms with E-state index < -0.39 is 4.92 Å². The second-order valence-corrected chi connectivity index (χ2v) is 6.33. The van der Waals surface area contributed by atoms with Crippen LogP contribution in [0.2, 0.25) is 0 Å². The number of non-ortho nitro benzene ring substituents is 1. The molecule has 0 N–H and O–H groups in total. The summed E-state index contributed by atoms with van der Waals surface area (Å²) in [5, 5.41) is 11.0. The Balaban J connectivity index is 1.63. The lowest BCUT2D eigenvalue weighted by molar-refractivity contribution is -0.385. The van der Waals surface area contributed by atoms with E-state index in [-0.39, 0.29) is 17.4 Å². The van der Waals surface area contributed by atoms with Gasteiger partial charge in [-0.05, 0) is 30.3 Å². The molecule has 7 nitrogen and oxygen atoms in total. The van der Waals surface area contributed by atoms with E-state index in [1.165, 1.54) is 43.5 Å². The van der Waals surface area contributed by atoms with Crippen molar-refractivity contribution in [1.82, 2.24) is 9.80 Å². The molecule has 0 saturated carbocycles. The Bertz CT molecular complexity index is 833.